The maximum absolute atomic E-state index is 12.5. The lowest BCUT2D eigenvalue weighted by atomic mass is 10.0. The van der Waals surface area contributed by atoms with Crippen LogP contribution in [-0.2, 0) is 14.3 Å². The van der Waals surface area contributed by atoms with Crippen molar-refractivity contribution in [2.75, 3.05) is 12.3 Å². The van der Waals surface area contributed by atoms with E-state index in [1.807, 2.05) is 0 Å². The molecule has 1 aromatic rings. The smallest absolute Gasteiger partial charge is 0.351 e. The van der Waals surface area contributed by atoms with Crippen LogP contribution in [0.4, 0.5) is 5.82 Å². The molecule has 0 aromatic carbocycles. The van der Waals surface area contributed by atoms with Crippen LogP contribution in [0.2, 0.25) is 0 Å². The van der Waals surface area contributed by atoms with Crippen LogP contribution in [0.3, 0.4) is 0 Å². The molecular weight excluding hydrogens is 510 g/mol. The first-order valence-electron chi connectivity index (χ1n) is 16.0. The number of hydrogen-bond donors (Lipinski definition) is 3. The molecule has 0 bridgehead atoms. The Balaban J connectivity index is 1.47. The maximum Gasteiger partial charge on any atom is 0.351 e. The number of nitrogens with zero attached hydrogens (tertiary/aromatic N) is 2. The van der Waals surface area contributed by atoms with E-state index in [1.165, 1.54) is 115 Å². The number of unbranched alkanes of at least 4 members (excludes halogenated alkanes) is 18. The van der Waals surface area contributed by atoms with Gasteiger partial charge in [0.15, 0.2) is 12.3 Å². The average Bonchev–Trinajstić information content (AvgIpc) is 3.24. The molecule has 1 saturated heterocycles. The molecule has 9 heteroatoms. The average molecular weight is 566 g/mol. The van der Waals surface area contributed by atoms with Gasteiger partial charge in [0.25, 0.3) is 0 Å². The molecule has 0 saturated carbocycles. The van der Waals surface area contributed by atoms with Crippen molar-refractivity contribution in [3.63, 3.8) is 0 Å². The third-order valence-electron chi connectivity index (χ3n) is 7.87. The summed E-state index contributed by atoms with van der Waals surface area (Å²) in [6, 6.07) is 1.42. The zero-order valence-corrected chi connectivity index (χ0v) is 24.8. The molecule has 0 radical (unpaired) electrons. The van der Waals surface area contributed by atoms with Crippen LogP contribution >= 0.6 is 0 Å². The number of rotatable bonds is 23. The summed E-state index contributed by atoms with van der Waals surface area (Å²) in [5.41, 5.74) is 4.86. The first-order valence-corrected chi connectivity index (χ1v) is 16.0. The summed E-state index contributed by atoms with van der Waals surface area (Å²) in [5.74, 6) is -0.406. The summed E-state index contributed by atoms with van der Waals surface area (Å²) in [6.07, 6.45) is 21.6. The van der Waals surface area contributed by atoms with E-state index in [1.54, 1.807) is 0 Å². The van der Waals surface area contributed by atoms with Gasteiger partial charge in [-0.1, -0.05) is 122 Å². The Morgan fingerprint density at radius 1 is 0.900 bits per heavy atom. The lowest BCUT2D eigenvalue weighted by Crippen LogP contribution is -2.39. The van der Waals surface area contributed by atoms with Crippen molar-refractivity contribution in [3.05, 3.63) is 22.7 Å². The van der Waals surface area contributed by atoms with Crippen molar-refractivity contribution in [3.8, 4) is 0 Å². The second-order valence-corrected chi connectivity index (χ2v) is 11.3. The summed E-state index contributed by atoms with van der Waals surface area (Å²) < 4.78 is 12.2. The largest absolute Gasteiger partial charge is 0.455 e. The van der Waals surface area contributed by atoms with Crippen molar-refractivity contribution < 1.29 is 24.5 Å². The monoisotopic (exact) mass is 565 g/mol. The molecule has 230 valence electrons. The highest BCUT2D eigenvalue weighted by Gasteiger charge is 2.47. The fraction of sp³-hybridized carbons (Fsp3) is 0.839. The Labute approximate surface area is 240 Å². The minimum absolute atomic E-state index is 0.0522. The third kappa shape index (κ3) is 13.1. The Bertz CT molecular complexity index is 864. The number of anilines is 1. The van der Waals surface area contributed by atoms with Gasteiger partial charge in [0.05, 0.1) is 6.61 Å². The zero-order chi connectivity index (χ0) is 29.0. The van der Waals surface area contributed by atoms with Crippen molar-refractivity contribution in [1.82, 2.24) is 9.55 Å². The normalized spacial score (nSPS) is 20.7. The molecule has 4 N–H and O–H groups in total. The number of aliphatic hydroxyl groups excluding tert-OH is 2. The van der Waals surface area contributed by atoms with E-state index in [0.717, 1.165) is 17.4 Å². The van der Waals surface area contributed by atoms with Gasteiger partial charge in [0.1, 0.15) is 18.0 Å². The highest BCUT2D eigenvalue weighted by atomic mass is 16.6. The van der Waals surface area contributed by atoms with E-state index in [9.17, 15) is 19.8 Å². The van der Waals surface area contributed by atoms with E-state index in [-0.39, 0.29) is 12.2 Å². The Morgan fingerprint density at radius 3 is 1.82 bits per heavy atom. The number of aromatic nitrogens is 2. The summed E-state index contributed by atoms with van der Waals surface area (Å²) in [4.78, 5) is 28.4. The van der Waals surface area contributed by atoms with Crippen LogP contribution in [0.5, 0.6) is 0 Å². The van der Waals surface area contributed by atoms with E-state index in [2.05, 4.69) is 11.9 Å². The Hall–Kier alpha value is -1.97. The number of esters is 1. The predicted molar refractivity (Wildman–Crippen MR) is 158 cm³/mol. The third-order valence-corrected chi connectivity index (χ3v) is 7.87. The highest BCUT2D eigenvalue weighted by molar-refractivity contribution is 5.69. The molecule has 1 aliphatic rings. The molecule has 40 heavy (non-hydrogen) atoms. The van der Waals surface area contributed by atoms with Crippen LogP contribution in [0.25, 0.3) is 0 Å². The molecule has 9 nitrogen and oxygen atoms in total. The molecule has 1 aromatic heterocycles. The molecule has 0 amide bonds. The van der Waals surface area contributed by atoms with Crippen molar-refractivity contribution >= 4 is 11.8 Å². The molecular formula is C31H55N3O6. The highest BCUT2D eigenvalue weighted by Crippen LogP contribution is 2.31. The molecule has 2 heterocycles. The van der Waals surface area contributed by atoms with Crippen LogP contribution < -0.4 is 11.4 Å². The molecule has 1 aliphatic heterocycles. The number of hydrogen-bond acceptors (Lipinski definition) is 8. The Morgan fingerprint density at radius 2 is 1.38 bits per heavy atom. The topological polar surface area (TPSA) is 137 Å². The fourth-order valence-corrected chi connectivity index (χ4v) is 5.40. The SMILES string of the molecule is CCCCCCCCCCCCCCCCCCCCCC(=O)O[C@@H]1C(n2ccc(N)nc2=O)O[C@H](CO)[C@H]1O. The summed E-state index contributed by atoms with van der Waals surface area (Å²) in [5, 5.41) is 20.0. The summed E-state index contributed by atoms with van der Waals surface area (Å²) in [6.45, 7) is 1.80. The quantitative estimate of drug-likeness (QED) is 0.112. The molecule has 1 unspecified atom stereocenters. The molecule has 1 fully saturated rings. The van der Waals surface area contributed by atoms with E-state index in [4.69, 9.17) is 15.2 Å². The van der Waals surface area contributed by atoms with Crippen LogP contribution in [0, 0.1) is 0 Å². The van der Waals surface area contributed by atoms with Gasteiger partial charge in [-0.3, -0.25) is 9.36 Å². The molecule has 4 atom stereocenters. The minimum Gasteiger partial charge on any atom is -0.455 e. The summed E-state index contributed by atoms with van der Waals surface area (Å²) >= 11 is 0. The second-order valence-electron chi connectivity index (χ2n) is 11.3. The van der Waals surface area contributed by atoms with Gasteiger partial charge in [-0.05, 0) is 12.5 Å². The van der Waals surface area contributed by atoms with Crippen LogP contribution in [0.1, 0.15) is 142 Å². The number of aliphatic hydroxyl groups is 2. The van der Waals surface area contributed by atoms with Gasteiger partial charge in [0, 0.05) is 12.6 Å². The van der Waals surface area contributed by atoms with Crippen molar-refractivity contribution in [2.24, 2.45) is 0 Å². The number of nitrogens with two attached hydrogens (primary N) is 1. The molecule has 0 spiro atoms. The van der Waals surface area contributed by atoms with Crippen molar-refractivity contribution in [1.29, 1.82) is 0 Å². The first-order chi connectivity index (χ1) is 19.5. The van der Waals surface area contributed by atoms with E-state index in [0.29, 0.717) is 6.42 Å². The fourth-order valence-electron chi connectivity index (χ4n) is 5.40. The van der Waals surface area contributed by atoms with Gasteiger partial charge >= 0.3 is 11.7 Å². The number of ether oxygens (including phenoxy) is 2. The van der Waals surface area contributed by atoms with Crippen LogP contribution in [-0.4, -0.2) is 50.7 Å². The number of carbonyl (C=O) groups is 1. The maximum atomic E-state index is 12.5. The van der Waals surface area contributed by atoms with E-state index < -0.39 is 42.8 Å². The van der Waals surface area contributed by atoms with E-state index >= 15 is 0 Å². The van der Waals surface area contributed by atoms with Gasteiger partial charge in [-0.15, -0.1) is 0 Å². The van der Waals surface area contributed by atoms with Crippen molar-refractivity contribution in [2.45, 2.75) is 160 Å². The summed E-state index contributed by atoms with van der Waals surface area (Å²) in [7, 11) is 0. The lowest BCUT2D eigenvalue weighted by Gasteiger charge is -2.22. The lowest BCUT2D eigenvalue weighted by molar-refractivity contribution is -0.159. The first kappa shape index (κ1) is 34.2. The number of carbonyl (C=O) groups excluding carboxylic acids is 1. The number of nitrogen functional groups attached to an aromatic ring is 1. The zero-order valence-electron chi connectivity index (χ0n) is 24.8. The van der Waals surface area contributed by atoms with Crippen LogP contribution in [0.15, 0.2) is 17.1 Å². The predicted octanol–water partition coefficient (Wildman–Crippen LogP) is 5.81. The second kappa shape index (κ2) is 20.8. The van der Waals surface area contributed by atoms with Gasteiger partial charge in [-0.25, -0.2) is 4.79 Å². The Kier molecular flexibility index (Phi) is 17.8. The molecule has 2 rings (SSSR count). The molecule has 0 aliphatic carbocycles. The van der Waals surface area contributed by atoms with Gasteiger partial charge < -0.3 is 25.4 Å². The van der Waals surface area contributed by atoms with Gasteiger partial charge in [-0.2, -0.15) is 4.98 Å². The standard InChI is InChI=1S/C31H55N3O6/c1-2-3-4-5-6-7-8-9-10-11-12-13-14-15-16-17-18-19-20-21-27(36)40-29-28(37)25(24-35)39-30(29)34-23-22-26(32)33-31(34)38/h22-23,25,28-30,35,37H,2-21,24H2,1H3,(H2,32,33,38)/t25-,28-,29+,30?/m1/s1. The van der Waals surface area contributed by atoms with Gasteiger partial charge in [0.2, 0.25) is 0 Å². The minimum atomic E-state index is -1.26.